The summed E-state index contributed by atoms with van der Waals surface area (Å²) in [5.41, 5.74) is 5.95. The molecule has 0 fully saturated rings. The van der Waals surface area contributed by atoms with Gasteiger partial charge in [0, 0.05) is 24.2 Å². The van der Waals surface area contributed by atoms with E-state index >= 15 is 0 Å². The van der Waals surface area contributed by atoms with Crippen LogP contribution in [-0.4, -0.2) is 37.8 Å². The SMILES string of the molecule is N=C(N)c1cccc(S(=O)(=O)NCCC(=O)Nc2cccc(C(=O)O)c2)c1. The number of carboxylic acids is 1. The van der Waals surface area contributed by atoms with Crippen molar-refractivity contribution < 1.29 is 23.1 Å². The first kappa shape index (κ1) is 20.1. The molecule has 2 aromatic rings. The van der Waals surface area contributed by atoms with Crippen molar-refractivity contribution in [2.45, 2.75) is 11.3 Å². The Bertz CT molecular complexity index is 988. The predicted molar refractivity (Wildman–Crippen MR) is 99.3 cm³/mol. The molecule has 0 aromatic heterocycles. The number of carbonyl (C=O) groups excluding carboxylic acids is 1. The molecule has 0 bridgehead atoms. The molecule has 0 aliphatic rings. The minimum atomic E-state index is -3.86. The minimum absolute atomic E-state index is 0.0267. The highest BCUT2D eigenvalue weighted by Gasteiger charge is 2.15. The van der Waals surface area contributed by atoms with Crippen molar-refractivity contribution in [3.05, 3.63) is 59.7 Å². The molecule has 0 saturated carbocycles. The Morgan fingerprint density at radius 2 is 1.74 bits per heavy atom. The third-order valence-electron chi connectivity index (χ3n) is 3.49. The maximum atomic E-state index is 12.2. The van der Waals surface area contributed by atoms with Crippen molar-refractivity contribution in [3.63, 3.8) is 0 Å². The number of aromatic carboxylic acids is 1. The van der Waals surface area contributed by atoms with Gasteiger partial charge >= 0.3 is 5.97 Å². The maximum Gasteiger partial charge on any atom is 0.335 e. The zero-order valence-electron chi connectivity index (χ0n) is 14.1. The van der Waals surface area contributed by atoms with Gasteiger partial charge < -0.3 is 16.2 Å². The summed E-state index contributed by atoms with van der Waals surface area (Å²) < 4.78 is 26.8. The van der Waals surface area contributed by atoms with E-state index < -0.39 is 21.9 Å². The van der Waals surface area contributed by atoms with Crippen LogP contribution in [0.1, 0.15) is 22.3 Å². The molecule has 2 rings (SSSR count). The van der Waals surface area contributed by atoms with Crippen LogP contribution in [-0.2, 0) is 14.8 Å². The predicted octanol–water partition coefficient (Wildman–Crippen LogP) is 0.976. The highest BCUT2D eigenvalue weighted by Crippen LogP contribution is 2.12. The molecule has 27 heavy (non-hydrogen) atoms. The van der Waals surface area contributed by atoms with E-state index in [0.29, 0.717) is 5.69 Å². The molecule has 0 saturated heterocycles. The summed E-state index contributed by atoms with van der Waals surface area (Å²) in [5, 5.41) is 18.8. The van der Waals surface area contributed by atoms with Crippen molar-refractivity contribution in [2.75, 3.05) is 11.9 Å². The fourth-order valence-corrected chi connectivity index (χ4v) is 3.24. The number of carbonyl (C=O) groups is 2. The third-order valence-corrected chi connectivity index (χ3v) is 4.95. The van der Waals surface area contributed by atoms with Crippen molar-refractivity contribution in [3.8, 4) is 0 Å². The number of nitrogens with two attached hydrogens (primary N) is 1. The first-order valence-electron chi connectivity index (χ1n) is 7.76. The molecular weight excluding hydrogens is 372 g/mol. The third kappa shape index (κ3) is 5.62. The van der Waals surface area contributed by atoms with Crippen LogP contribution in [0.3, 0.4) is 0 Å². The highest BCUT2D eigenvalue weighted by atomic mass is 32.2. The lowest BCUT2D eigenvalue weighted by atomic mass is 10.2. The standard InChI is InChI=1S/C17H18N4O5S/c18-16(19)11-3-2-6-14(10-11)27(25,26)20-8-7-15(22)21-13-5-1-4-12(9-13)17(23)24/h1-6,9-10,20H,7-8H2,(H3,18,19)(H,21,22)(H,23,24). The number of sulfonamides is 1. The average Bonchev–Trinajstić information content (AvgIpc) is 2.61. The van der Waals surface area contributed by atoms with Crippen molar-refractivity contribution in [1.29, 1.82) is 5.41 Å². The lowest BCUT2D eigenvalue weighted by molar-refractivity contribution is -0.116. The van der Waals surface area contributed by atoms with Gasteiger partial charge in [-0.1, -0.05) is 18.2 Å². The average molecular weight is 390 g/mol. The van der Waals surface area contributed by atoms with Gasteiger partial charge in [0.25, 0.3) is 0 Å². The largest absolute Gasteiger partial charge is 0.478 e. The van der Waals surface area contributed by atoms with Crippen LogP contribution in [0.15, 0.2) is 53.4 Å². The normalized spacial score (nSPS) is 11.0. The molecule has 0 heterocycles. The molecule has 6 N–H and O–H groups in total. The second-order valence-electron chi connectivity index (χ2n) is 5.52. The fraction of sp³-hybridized carbons (Fsp3) is 0.118. The Labute approximate surface area is 155 Å². The molecule has 0 aliphatic heterocycles. The van der Waals surface area contributed by atoms with E-state index in [1.54, 1.807) is 0 Å². The van der Waals surface area contributed by atoms with E-state index in [-0.39, 0.29) is 34.8 Å². The smallest absolute Gasteiger partial charge is 0.335 e. The van der Waals surface area contributed by atoms with Crippen LogP contribution < -0.4 is 15.8 Å². The summed E-state index contributed by atoms with van der Waals surface area (Å²) in [4.78, 5) is 22.8. The Hall–Kier alpha value is -3.24. The van der Waals surface area contributed by atoms with Gasteiger partial charge in [0.2, 0.25) is 15.9 Å². The molecule has 0 radical (unpaired) electrons. The summed E-state index contributed by atoms with van der Waals surface area (Å²) in [6.07, 6.45) is -0.150. The Morgan fingerprint density at radius 3 is 2.41 bits per heavy atom. The van der Waals surface area contributed by atoms with Crippen LogP contribution in [0, 0.1) is 5.41 Å². The second kappa shape index (κ2) is 8.43. The summed E-state index contributed by atoms with van der Waals surface area (Å²) >= 11 is 0. The molecule has 9 nitrogen and oxygen atoms in total. The number of carboxylic acid groups (broad SMARTS) is 1. The van der Waals surface area contributed by atoms with Gasteiger partial charge in [0.15, 0.2) is 0 Å². The van der Waals surface area contributed by atoms with E-state index in [0.717, 1.165) is 0 Å². The fourth-order valence-electron chi connectivity index (χ4n) is 2.17. The summed E-state index contributed by atoms with van der Waals surface area (Å²) in [6.45, 7) is -0.156. The van der Waals surface area contributed by atoms with Crippen molar-refractivity contribution >= 4 is 33.4 Å². The van der Waals surface area contributed by atoms with Crippen LogP contribution >= 0.6 is 0 Å². The molecule has 0 atom stereocenters. The van der Waals surface area contributed by atoms with E-state index in [4.69, 9.17) is 16.2 Å². The van der Waals surface area contributed by atoms with Crippen LogP contribution in [0.5, 0.6) is 0 Å². The Balaban J connectivity index is 1.94. The quantitative estimate of drug-likeness (QED) is 0.333. The van der Waals surface area contributed by atoms with Crippen LogP contribution in [0.2, 0.25) is 0 Å². The molecule has 0 aliphatic carbocycles. The van der Waals surface area contributed by atoms with Gasteiger partial charge in [-0.2, -0.15) is 0 Å². The lowest BCUT2D eigenvalue weighted by Crippen LogP contribution is -2.28. The molecule has 1 amide bonds. The number of benzene rings is 2. The summed E-state index contributed by atoms with van der Waals surface area (Å²) in [6, 6.07) is 11.3. The van der Waals surface area contributed by atoms with Gasteiger partial charge in [0.05, 0.1) is 10.5 Å². The van der Waals surface area contributed by atoms with Gasteiger partial charge in [0.1, 0.15) is 5.84 Å². The maximum absolute atomic E-state index is 12.2. The minimum Gasteiger partial charge on any atom is -0.478 e. The zero-order valence-corrected chi connectivity index (χ0v) is 14.9. The Morgan fingerprint density at radius 1 is 1.07 bits per heavy atom. The van der Waals surface area contributed by atoms with Gasteiger partial charge in [-0.15, -0.1) is 0 Å². The van der Waals surface area contributed by atoms with E-state index in [9.17, 15) is 18.0 Å². The van der Waals surface area contributed by atoms with E-state index in [2.05, 4.69) is 10.0 Å². The van der Waals surface area contributed by atoms with Crippen molar-refractivity contribution in [1.82, 2.24) is 4.72 Å². The topological polar surface area (TPSA) is 162 Å². The van der Waals surface area contributed by atoms with E-state index in [1.807, 2.05) is 0 Å². The number of nitrogen functional groups attached to an aromatic ring is 1. The summed E-state index contributed by atoms with van der Waals surface area (Å²) in [5.74, 6) is -1.85. The molecule has 10 heteroatoms. The highest BCUT2D eigenvalue weighted by molar-refractivity contribution is 7.89. The molecule has 0 unspecified atom stereocenters. The second-order valence-corrected chi connectivity index (χ2v) is 7.29. The Kier molecular flexibility index (Phi) is 6.27. The number of hydrogen-bond acceptors (Lipinski definition) is 5. The van der Waals surface area contributed by atoms with Crippen LogP contribution in [0.4, 0.5) is 5.69 Å². The number of anilines is 1. The van der Waals surface area contributed by atoms with Gasteiger partial charge in [-0.3, -0.25) is 10.2 Å². The number of nitrogens with one attached hydrogen (secondary N) is 3. The number of amidine groups is 1. The number of rotatable bonds is 8. The number of amides is 1. The molecule has 2 aromatic carbocycles. The first-order valence-corrected chi connectivity index (χ1v) is 9.25. The first-order chi connectivity index (χ1) is 12.7. The molecular formula is C17H18N4O5S. The monoisotopic (exact) mass is 390 g/mol. The van der Waals surface area contributed by atoms with E-state index in [1.165, 1.54) is 48.5 Å². The lowest BCUT2D eigenvalue weighted by Gasteiger charge is -2.09. The molecule has 0 spiro atoms. The zero-order chi connectivity index (χ0) is 20.0. The molecule has 142 valence electrons. The van der Waals surface area contributed by atoms with Gasteiger partial charge in [-0.05, 0) is 30.3 Å². The van der Waals surface area contributed by atoms with Crippen LogP contribution in [0.25, 0.3) is 0 Å². The van der Waals surface area contributed by atoms with Gasteiger partial charge in [-0.25, -0.2) is 17.9 Å². The number of hydrogen-bond donors (Lipinski definition) is 5. The van der Waals surface area contributed by atoms with Crippen molar-refractivity contribution in [2.24, 2.45) is 5.73 Å². The summed E-state index contributed by atoms with van der Waals surface area (Å²) in [7, 11) is -3.86.